The zero-order valence-electron chi connectivity index (χ0n) is 15.8. The van der Waals surface area contributed by atoms with Crippen molar-refractivity contribution in [3.63, 3.8) is 0 Å². The van der Waals surface area contributed by atoms with Crippen LogP contribution in [0.25, 0.3) is 0 Å². The second-order valence-corrected chi connectivity index (χ2v) is 6.10. The third kappa shape index (κ3) is 5.34. The first-order chi connectivity index (χ1) is 13.2. The molecule has 0 fully saturated rings. The molecule has 6 nitrogen and oxygen atoms in total. The van der Waals surface area contributed by atoms with E-state index in [1.807, 2.05) is 49.4 Å². The van der Waals surface area contributed by atoms with Crippen molar-refractivity contribution in [2.75, 3.05) is 31.4 Å². The highest BCUT2D eigenvalue weighted by molar-refractivity contribution is 5.57. The summed E-state index contributed by atoms with van der Waals surface area (Å²) in [7, 11) is 3.32. The lowest BCUT2D eigenvalue weighted by Gasteiger charge is -2.11. The summed E-state index contributed by atoms with van der Waals surface area (Å²) in [5, 5.41) is 6.59. The van der Waals surface area contributed by atoms with Crippen molar-refractivity contribution in [2.45, 2.75) is 13.3 Å². The number of hydrogen-bond donors (Lipinski definition) is 2. The summed E-state index contributed by atoms with van der Waals surface area (Å²) < 4.78 is 10.4. The highest BCUT2D eigenvalue weighted by Crippen LogP contribution is 2.20. The van der Waals surface area contributed by atoms with E-state index in [0.717, 1.165) is 41.7 Å². The Morgan fingerprint density at radius 2 is 1.67 bits per heavy atom. The molecule has 27 heavy (non-hydrogen) atoms. The number of aromatic nitrogens is 2. The zero-order chi connectivity index (χ0) is 19.1. The number of aryl methyl sites for hydroxylation is 1. The number of rotatable bonds is 8. The van der Waals surface area contributed by atoms with Gasteiger partial charge in [0.15, 0.2) is 0 Å². The second-order valence-electron chi connectivity index (χ2n) is 6.10. The van der Waals surface area contributed by atoms with Gasteiger partial charge in [-0.3, -0.25) is 0 Å². The predicted octanol–water partition coefficient (Wildman–Crippen LogP) is 4.20. The number of nitrogens with one attached hydrogen (secondary N) is 2. The van der Waals surface area contributed by atoms with Crippen LogP contribution in [0.1, 0.15) is 11.3 Å². The molecule has 6 heteroatoms. The standard InChI is InChI=1S/C21H24N4O2/c1-15-13-20(22-12-11-16-7-9-18(26-2)10-8-16)25-21(23-15)24-17-5-4-6-19(14-17)27-3/h4-10,13-14H,11-12H2,1-3H3,(H2,22,23,24,25). The Morgan fingerprint density at radius 1 is 0.889 bits per heavy atom. The Kier molecular flexibility index (Phi) is 6.10. The van der Waals surface area contributed by atoms with Gasteiger partial charge in [0.05, 0.1) is 14.2 Å². The molecule has 2 N–H and O–H groups in total. The van der Waals surface area contributed by atoms with Crippen LogP contribution in [0.4, 0.5) is 17.5 Å². The number of hydrogen-bond acceptors (Lipinski definition) is 6. The SMILES string of the molecule is COc1ccc(CCNc2cc(C)nc(Nc3cccc(OC)c3)n2)cc1. The van der Waals surface area contributed by atoms with Gasteiger partial charge in [-0.25, -0.2) is 4.98 Å². The molecule has 0 aliphatic heterocycles. The first-order valence-electron chi connectivity index (χ1n) is 8.80. The maximum Gasteiger partial charge on any atom is 0.229 e. The van der Waals surface area contributed by atoms with E-state index in [0.29, 0.717) is 5.95 Å². The van der Waals surface area contributed by atoms with E-state index in [1.54, 1.807) is 14.2 Å². The molecule has 3 rings (SSSR count). The molecular weight excluding hydrogens is 340 g/mol. The minimum Gasteiger partial charge on any atom is -0.497 e. The summed E-state index contributed by atoms with van der Waals surface area (Å²) >= 11 is 0. The smallest absolute Gasteiger partial charge is 0.229 e. The molecular formula is C21H24N4O2. The van der Waals surface area contributed by atoms with Crippen LogP contribution in [0.15, 0.2) is 54.6 Å². The Balaban J connectivity index is 1.62. The highest BCUT2D eigenvalue weighted by atomic mass is 16.5. The van der Waals surface area contributed by atoms with Gasteiger partial charge in [-0.1, -0.05) is 18.2 Å². The van der Waals surface area contributed by atoms with Gasteiger partial charge in [-0.15, -0.1) is 0 Å². The van der Waals surface area contributed by atoms with Crippen LogP contribution >= 0.6 is 0 Å². The van der Waals surface area contributed by atoms with Gasteiger partial charge in [0, 0.05) is 30.1 Å². The van der Waals surface area contributed by atoms with Crippen LogP contribution in [0.3, 0.4) is 0 Å². The van der Waals surface area contributed by atoms with Gasteiger partial charge in [-0.2, -0.15) is 4.98 Å². The number of benzene rings is 2. The van der Waals surface area contributed by atoms with Crippen LogP contribution < -0.4 is 20.1 Å². The first kappa shape index (κ1) is 18.5. The van der Waals surface area contributed by atoms with Crippen molar-refractivity contribution in [3.05, 3.63) is 65.9 Å². The van der Waals surface area contributed by atoms with Crippen LogP contribution in [0.5, 0.6) is 11.5 Å². The minimum atomic E-state index is 0.551. The topological polar surface area (TPSA) is 68.3 Å². The summed E-state index contributed by atoms with van der Waals surface area (Å²) in [4.78, 5) is 9.00. The van der Waals surface area contributed by atoms with E-state index < -0.39 is 0 Å². The molecule has 3 aromatic rings. The number of anilines is 3. The Bertz CT molecular complexity index is 882. The summed E-state index contributed by atoms with van der Waals surface area (Å²) in [5.41, 5.74) is 3.01. The summed E-state index contributed by atoms with van der Waals surface area (Å²) in [5.74, 6) is 2.99. The Labute approximate surface area is 159 Å². The lowest BCUT2D eigenvalue weighted by atomic mass is 10.1. The van der Waals surface area contributed by atoms with Crippen molar-refractivity contribution in [1.29, 1.82) is 0 Å². The van der Waals surface area contributed by atoms with Crippen molar-refractivity contribution < 1.29 is 9.47 Å². The van der Waals surface area contributed by atoms with Gasteiger partial charge >= 0.3 is 0 Å². The lowest BCUT2D eigenvalue weighted by molar-refractivity contribution is 0.414. The molecule has 0 aliphatic carbocycles. The zero-order valence-corrected chi connectivity index (χ0v) is 15.8. The van der Waals surface area contributed by atoms with E-state index >= 15 is 0 Å². The summed E-state index contributed by atoms with van der Waals surface area (Å²) in [6, 6.07) is 17.7. The fourth-order valence-electron chi connectivity index (χ4n) is 2.67. The van der Waals surface area contributed by atoms with Gasteiger partial charge in [0.2, 0.25) is 5.95 Å². The van der Waals surface area contributed by atoms with E-state index in [-0.39, 0.29) is 0 Å². The van der Waals surface area contributed by atoms with Gasteiger partial charge in [-0.05, 0) is 43.2 Å². The third-order valence-electron chi connectivity index (χ3n) is 4.06. The molecule has 1 heterocycles. The van der Waals surface area contributed by atoms with Gasteiger partial charge in [0.1, 0.15) is 17.3 Å². The molecule has 140 valence electrons. The first-order valence-corrected chi connectivity index (χ1v) is 8.80. The van der Waals surface area contributed by atoms with Crippen molar-refractivity contribution in [2.24, 2.45) is 0 Å². The predicted molar refractivity (Wildman–Crippen MR) is 108 cm³/mol. The van der Waals surface area contributed by atoms with E-state index in [4.69, 9.17) is 9.47 Å². The van der Waals surface area contributed by atoms with Crippen LogP contribution in [-0.2, 0) is 6.42 Å². The molecule has 0 bridgehead atoms. The van der Waals surface area contributed by atoms with Crippen LogP contribution in [0, 0.1) is 6.92 Å². The Hall–Kier alpha value is -3.28. The normalized spacial score (nSPS) is 10.3. The number of methoxy groups -OCH3 is 2. The molecule has 0 radical (unpaired) electrons. The number of nitrogens with zero attached hydrogens (tertiary/aromatic N) is 2. The molecule has 0 aliphatic rings. The van der Waals surface area contributed by atoms with Gasteiger partial charge in [0.25, 0.3) is 0 Å². The van der Waals surface area contributed by atoms with E-state index in [9.17, 15) is 0 Å². The van der Waals surface area contributed by atoms with E-state index in [2.05, 4.69) is 32.7 Å². The average Bonchev–Trinajstić information content (AvgIpc) is 2.68. The highest BCUT2D eigenvalue weighted by Gasteiger charge is 2.04. The largest absolute Gasteiger partial charge is 0.497 e. The van der Waals surface area contributed by atoms with Crippen LogP contribution in [0.2, 0.25) is 0 Å². The molecule has 0 saturated carbocycles. The maximum absolute atomic E-state index is 5.25. The molecule has 0 amide bonds. The summed E-state index contributed by atoms with van der Waals surface area (Å²) in [6.07, 6.45) is 0.895. The summed E-state index contributed by atoms with van der Waals surface area (Å²) in [6.45, 7) is 2.73. The number of ether oxygens (including phenoxy) is 2. The van der Waals surface area contributed by atoms with Gasteiger partial charge < -0.3 is 20.1 Å². The van der Waals surface area contributed by atoms with Crippen molar-refractivity contribution in [3.8, 4) is 11.5 Å². The molecule has 0 unspecified atom stereocenters. The van der Waals surface area contributed by atoms with Crippen LogP contribution in [-0.4, -0.2) is 30.7 Å². The average molecular weight is 364 g/mol. The molecule has 0 saturated heterocycles. The second kappa shape index (κ2) is 8.89. The van der Waals surface area contributed by atoms with E-state index in [1.165, 1.54) is 5.56 Å². The minimum absolute atomic E-state index is 0.551. The fraction of sp³-hybridized carbons (Fsp3) is 0.238. The third-order valence-corrected chi connectivity index (χ3v) is 4.06. The monoisotopic (exact) mass is 364 g/mol. The molecule has 0 atom stereocenters. The molecule has 2 aromatic carbocycles. The lowest BCUT2D eigenvalue weighted by Crippen LogP contribution is -2.08. The van der Waals surface area contributed by atoms with Crippen molar-refractivity contribution in [1.82, 2.24) is 9.97 Å². The molecule has 1 aromatic heterocycles. The quantitative estimate of drug-likeness (QED) is 0.624. The fourth-order valence-corrected chi connectivity index (χ4v) is 2.67. The Morgan fingerprint density at radius 3 is 2.41 bits per heavy atom. The maximum atomic E-state index is 5.25. The van der Waals surface area contributed by atoms with Crippen molar-refractivity contribution >= 4 is 17.5 Å². The molecule has 0 spiro atoms.